The minimum absolute atomic E-state index is 0.150. The zero-order valence-electron chi connectivity index (χ0n) is 30.7. The molecule has 0 spiro atoms. The molecule has 1 radical (unpaired) electrons. The molecule has 0 bridgehead atoms. The molecule has 2 aliphatic rings. The van der Waals surface area contributed by atoms with E-state index in [-0.39, 0.29) is 5.41 Å². The van der Waals surface area contributed by atoms with Gasteiger partial charge in [0.15, 0.2) is 7.28 Å². The average Bonchev–Trinajstić information content (AvgIpc) is 3.60. The van der Waals surface area contributed by atoms with Gasteiger partial charge in [-0.3, -0.25) is 0 Å². The van der Waals surface area contributed by atoms with Crippen molar-refractivity contribution in [1.82, 2.24) is 0 Å². The van der Waals surface area contributed by atoms with Crippen molar-refractivity contribution in [3.8, 4) is 33.4 Å². The second-order valence-electron chi connectivity index (χ2n) is 15.2. The van der Waals surface area contributed by atoms with Crippen LogP contribution in [0.15, 0.2) is 180 Å². The molecule has 8 aromatic carbocycles. The molecule has 4 heteroatoms. The molecule has 3 nitrogen and oxygen atoms in total. The zero-order chi connectivity index (χ0) is 36.7. The molecule has 11 rings (SSSR count). The number of fused-ring (bicyclic) bond motifs is 7. The first kappa shape index (κ1) is 31.7. The summed E-state index contributed by atoms with van der Waals surface area (Å²) in [6.07, 6.45) is 0. The van der Waals surface area contributed by atoms with E-state index in [0.717, 1.165) is 66.7 Å². The lowest BCUT2D eigenvalue weighted by atomic mass is 9.55. The fourth-order valence-electron chi connectivity index (χ4n) is 9.02. The molecule has 0 aliphatic carbocycles. The average molecular weight is 704 g/mol. The van der Waals surface area contributed by atoms with E-state index >= 15 is 0 Å². The van der Waals surface area contributed by atoms with Crippen molar-refractivity contribution in [3.63, 3.8) is 0 Å². The minimum Gasteiger partial charge on any atom is -0.455 e. The summed E-state index contributed by atoms with van der Waals surface area (Å²) in [6.45, 7) is 4.70. The van der Waals surface area contributed by atoms with Crippen LogP contribution < -0.4 is 21.1 Å². The maximum absolute atomic E-state index is 6.89. The van der Waals surface area contributed by atoms with Gasteiger partial charge in [-0.15, -0.1) is 0 Å². The summed E-state index contributed by atoms with van der Waals surface area (Å²) in [5.41, 5.74) is 19.1. The van der Waals surface area contributed by atoms with Crippen LogP contribution in [0.1, 0.15) is 25.0 Å². The van der Waals surface area contributed by atoms with Gasteiger partial charge in [0.25, 0.3) is 0 Å². The van der Waals surface area contributed by atoms with Crippen LogP contribution in [-0.2, 0) is 5.41 Å². The van der Waals surface area contributed by atoms with E-state index in [0.29, 0.717) is 0 Å². The lowest BCUT2D eigenvalue weighted by molar-refractivity contribution is 0.632. The molecule has 0 saturated carbocycles. The summed E-state index contributed by atoms with van der Waals surface area (Å²) >= 11 is 0. The monoisotopic (exact) mass is 703 g/mol. The van der Waals surface area contributed by atoms with Gasteiger partial charge in [-0.2, -0.15) is 0 Å². The maximum atomic E-state index is 6.89. The van der Waals surface area contributed by atoms with Crippen LogP contribution in [0.3, 0.4) is 0 Å². The molecule has 1 N–H and O–H groups in total. The fourth-order valence-corrected chi connectivity index (χ4v) is 9.02. The Labute approximate surface area is 321 Å². The number of para-hydroxylation sites is 4. The fraction of sp³-hybridized carbons (Fsp3) is 0.0588. The van der Waals surface area contributed by atoms with Crippen LogP contribution in [-0.4, -0.2) is 7.28 Å². The molecule has 55 heavy (non-hydrogen) atoms. The number of anilines is 5. The van der Waals surface area contributed by atoms with E-state index in [1.54, 1.807) is 0 Å². The van der Waals surface area contributed by atoms with Gasteiger partial charge in [0.05, 0.1) is 5.69 Å². The third kappa shape index (κ3) is 4.91. The number of nitrogens with zero attached hydrogens (tertiary/aromatic N) is 1. The number of furan rings is 1. The molecule has 1 aromatic heterocycles. The third-order valence-corrected chi connectivity index (χ3v) is 11.6. The smallest absolute Gasteiger partial charge is 0.198 e. The van der Waals surface area contributed by atoms with E-state index in [4.69, 9.17) is 4.42 Å². The first-order valence-corrected chi connectivity index (χ1v) is 19.0. The highest BCUT2D eigenvalue weighted by Gasteiger charge is 2.41. The van der Waals surface area contributed by atoms with Gasteiger partial charge < -0.3 is 14.6 Å². The Morgan fingerprint density at radius 1 is 0.545 bits per heavy atom. The van der Waals surface area contributed by atoms with Crippen molar-refractivity contribution in [2.75, 3.05) is 10.2 Å². The van der Waals surface area contributed by atoms with Crippen molar-refractivity contribution in [1.29, 1.82) is 0 Å². The largest absolute Gasteiger partial charge is 0.455 e. The van der Waals surface area contributed by atoms with E-state index in [9.17, 15) is 0 Å². The summed E-state index contributed by atoms with van der Waals surface area (Å²) in [4.78, 5) is 2.51. The predicted molar refractivity (Wildman–Crippen MR) is 232 cm³/mol. The van der Waals surface area contributed by atoms with Crippen molar-refractivity contribution in [2.45, 2.75) is 19.3 Å². The van der Waals surface area contributed by atoms with Gasteiger partial charge in [0.1, 0.15) is 11.2 Å². The second kappa shape index (κ2) is 12.1. The van der Waals surface area contributed by atoms with Gasteiger partial charge in [0.2, 0.25) is 0 Å². The van der Waals surface area contributed by atoms with Crippen LogP contribution in [0.25, 0.3) is 55.3 Å². The first-order valence-electron chi connectivity index (χ1n) is 19.0. The number of hydrogen-bond donors (Lipinski definition) is 1. The van der Waals surface area contributed by atoms with E-state index < -0.39 is 0 Å². The molecule has 0 fully saturated rings. The normalized spacial score (nSPS) is 13.5. The Morgan fingerprint density at radius 2 is 1.20 bits per heavy atom. The summed E-state index contributed by atoms with van der Waals surface area (Å²) in [7, 11) is 2.39. The van der Waals surface area contributed by atoms with E-state index in [1.807, 2.05) is 0 Å². The molecule has 0 unspecified atom stereocenters. The van der Waals surface area contributed by atoms with Crippen molar-refractivity contribution < 1.29 is 4.42 Å². The Hall–Kier alpha value is -6.78. The van der Waals surface area contributed by atoms with Gasteiger partial charge in [-0.05, 0) is 81.3 Å². The Morgan fingerprint density at radius 3 is 1.98 bits per heavy atom. The molecule has 2 aliphatic heterocycles. The van der Waals surface area contributed by atoms with Crippen LogP contribution in [0.4, 0.5) is 28.4 Å². The second-order valence-corrected chi connectivity index (χ2v) is 15.2. The van der Waals surface area contributed by atoms with Crippen molar-refractivity contribution in [2.24, 2.45) is 0 Å². The Kier molecular flexibility index (Phi) is 6.99. The molecular weight excluding hydrogens is 667 g/mol. The quantitative estimate of drug-likeness (QED) is 0.181. The van der Waals surface area contributed by atoms with Crippen LogP contribution in [0, 0.1) is 0 Å². The number of rotatable bonds is 5. The third-order valence-electron chi connectivity index (χ3n) is 11.6. The summed E-state index contributed by atoms with van der Waals surface area (Å²) < 4.78 is 6.89. The lowest BCUT2D eigenvalue weighted by Gasteiger charge is -2.46. The SMILES string of the molecule is CC1(C)c2ccccc2N2c3cc4c(oc5ccccc54)c(-c4ccccc4Nc4cc(-c5ccccc5)cc(-c5ccccc5)c4)c3[B]c3cccc1c32. The highest BCUT2D eigenvalue weighted by molar-refractivity contribution is 6.74. The van der Waals surface area contributed by atoms with Crippen LogP contribution in [0.2, 0.25) is 0 Å². The molecule has 0 amide bonds. The standard InChI is InChI=1S/C51H36BN2O/c1-51(2)40-22-11-13-26-44(40)54-45-31-39-37-20-10-14-27-46(37)55-50(39)47(48(45)52-42-24-15-23-41(51)49(42)54)38-21-9-12-25-43(38)53-36-29-34(32-16-5-3-6-17-32)28-35(30-36)33-18-7-4-8-19-33/h3-31,53H,1-2H3. The number of benzene rings is 8. The van der Waals surface area contributed by atoms with Crippen molar-refractivity contribution in [3.05, 3.63) is 187 Å². The van der Waals surface area contributed by atoms with Crippen LogP contribution >= 0.6 is 0 Å². The lowest BCUT2D eigenvalue weighted by Crippen LogP contribution is -2.45. The highest BCUT2D eigenvalue weighted by atomic mass is 16.3. The summed E-state index contributed by atoms with van der Waals surface area (Å²) in [5, 5.41) is 6.13. The van der Waals surface area contributed by atoms with E-state index in [2.05, 4.69) is 207 Å². The minimum atomic E-state index is -0.150. The zero-order valence-corrected chi connectivity index (χ0v) is 30.7. The molecule has 9 aromatic rings. The Bertz CT molecular complexity index is 2910. The molecule has 259 valence electrons. The first-order chi connectivity index (χ1) is 27.0. The topological polar surface area (TPSA) is 28.4 Å². The van der Waals surface area contributed by atoms with Gasteiger partial charge in [-0.25, -0.2) is 0 Å². The maximum Gasteiger partial charge on any atom is 0.198 e. The molecule has 0 atom stereocenters. The van der Waals surface area contributed by atoms with Gasteiger partial charge in [-0.1, -0.05) is 153 Å². The number of hydrogen-bond acceptors (Lipinski definition) is 3. The molecular formula is C51H36BN2O. The van der Waals surface area contributed by atoms with E-state index in [1.165, 1.54) is 39.1 Å². The number of nitrogens with one attached hydrogen (secondary N) is 1. The van der Waals surface area contributed by atoms with Gasteiger partial charge >= 0.3 is 0 Å². The molecule has 0 saturated heterocycles. The predicted octanol–water partition coefficient (Wildman–Crippen LogP) is 12.4. The van der Waals surface area contributed by atoms with Crippen molar-refractivity contribution >= 4 is 68.6 Å². The summed E-state index contributed by atoms with van der Waals surface area (Å²) in [5.74, 6) is 0. The summed E-state index contributed by atoms with van der Waals surface area (Å²) in [6, 6.07) is 63.2. The van der Waals surface area contributed by atoms with Gasteiger partial charge in [0, 0.05) is 50.1 Å². The molecule has 3 heterocycles. The Balaban J connectivity index is 1.16. The van der Waals surface area contributed by atoms with Crippen LogP contribution in [0.5, 0.6) is 0 Å². The highest BCUT2D eigenvalue weighted by Crippen LogP contribution is 2.53.